The molecule has 1 amide bonds. The van der Waals surface area contributed by atoms with Crippen LogP contribution in [0.5, 0.6) is 0 Å². The normalized spacial score (nSPS) is 26.8. The third kappa shape index (κ3) is 2.76. The van der Waals surface area contributed by atoms with Crippen molar-refractivity contribution in [3.8, 4) is 0 Å². The Bertz CT molecular complexity index is 546. The minimum absolute atomic E-state index is 0.00866. The van der Waals surface area contributed by atoms with E-state index in [4.69, 9.17) is 0 Å². The lowest BCUT2D eigenvalue weighted by atomic mass is 9.77. The monoisotopic (exact) mass is 305 g/mol. The van der Waals surface area contributed by atoms with Gasteiger partial charge in [-0.05, 0) is 48.6 Å². The second-order valence-electron chi connectivity index (χ2n) is 6.81. The number of hydrogen-bond donors (Lipinski definition) is 1. The van der Waals surface area contributed by atoms with Gasteiger partial charge in [0.05, 0.1) is 0 Å². The third-order valence-corrected chi connectivity index (χ3v) is 5.63. The lowest BCUT2D eigenvalue weighted by Gasteiger charge is -2.40. The molecule has 2 fully saturated rings. The fourth-order valence-electron chi connectivity index (χ4n) is 3.65. The van der Waals surface area contributed by atoms with Crippen molar-refractivity contribution < 1.29 is 14.3 Å². The molecule has 1 aromatic rings. The number of nitrogens with zero attached hydrogens (tertiary/aromatic N) is 1. The maximum absolute atomic E-state index is 13.8. The van der Waals surface area contributed by atoms with Gasteiger partial charge < -0.3 is 10.0 Å². The summed E-state index contributed by atoms with van der Waals surface area (Å²) in [6.45, 7) is 3.73. The lowest BCUT2D eigenvalue weighted by Crippen LogP contribution is -2.45. The van der Waals surface area contributed by atoms with Crippen LogP contribution in [0.4, 0.5) is 4.39 Å². The Hall–Kier alpha value is -1.42. The SMILES string of the molecule is CCC1(CO)CCN(C(=O)C2CC2c2ccccc2F)CC1. The summed E-state index contributed by atoms with van der Waals surface area (Å²) >= 11 is 0. The molecule has 0 bridgehead atoms. The van der Waals surface area contributed by atoms with Gasteiger partial charge in [0.1, 0.15) is 5.82 Å². The molecule has 2 unspecified atom stereocenters. The number of rotatable bonds is 4. The lowest BCUT2D eigenvalue weighted by molar-refractivity contribution is -0.135. The fourth-order valence-corrected chi connectivity index (χ4v) is 3.65. The molecule has 0 spiro atoms. The van der Waals surface area contributed by atoms with Gasteiger partial charge in [-0.1, -0.05) is 25.1 Å². The zero-order chi connectivity index (χ0) is 15.7. The van der Waals surface area contributed by atoms with Crippen LogP contribution in [0.15, 0.2) is 24.3 Å². The highest BCUT2D eigenvalue weighted by molar-refractivity contribution is 5.83. The summed E-state index contributed by atoms with van der Waals surface area (Å²) in [5.41, 5.74) is 0.668. The van der Waals surface area contributed by atoms with E-state index in [-0.39, 0.29) is 35.6 Å². The molecule has 2 atom stereocenters. The molecule has 1 aliphatic heterocycles. The summed E-state index contributed by atoms with van der Waals surface area (Å²) in [6.07, 6.45) is 3.44. The van der Waals surface area contributed by atoms with Crippen LogP contribution < -0.4 is 0 Å². The van der Waals surface area contributed by atoms with E-state index in [9.17, 15) is 14.3 Å². The first-order chi connectivity index (χ1) is 10.6. The minimum atomic E-state index is -0.202. The highest BCUT2D eigenvalue weighted by Crippen LogP contribution is 2.49. The van der Waals surface area contributed by atoms with Crippen LogP contribution in [0.1, 0.15) is 44.1 Å². The van der Waals surface area contributed by atoms with Crippen LogP contribution in [-0.4, -0.2) is 35.6 Å². The maximum Gasteiger partial charge on any atom is 0.226 e. The summed E-state index contributed by atoms with van der Waals surface area (Å²) < 4.78 is 13.8. The van der Waals surface area contributed by atoms with Gasteiger partial charge in [-0.3, -0.25) is 4.79 Å². The van der Waals surface area contributed by atoms with Crippen molar-refractivity contribution in [3.63, 3.8) is 0 Å². The van der Waals surface area contributed by atoms with Crippen LogP contribution in [-0.2, 0) is 4.79 Å². The molecular formula is C18H24FNO2. The van der Waals surface area contributed by atoms with Crippen LogP contribution in [0.3, 0.4) is 0 Å². The number of benzene rings is 1. The van der Waals surface area contributed by atoms with Crippen LogP contribution in [0.2, 0.25) is 0 Å². The number of likely N-dealkylation sites (tertiary alicyclic amines) is 1. The number of halogens is 1. The van der Waals surface area contributed by atoms with Crippen LogP contribution in [0.25, 0.3) is 0 Å². The average molecular weight is 305 g/mol. The minimum Gasteiger partial charge on any atom is -0.396 e. The Kier molecular flexibility index (Phi) is 4.22. The van der Waals surface area contributed by atoms with Crippen molar-refractivity contribution in [1.29, 1.82) is 0 Å². The Labute approximate surface area is 131 Å². The molecule has 1 saturated carbocycles. The van der Waals surface area contributed by atoms with Crippen LogP contribution in [0, 0.1) is 17.2 Å². The molecule has 1 heterocycles. The van der Waals surface area contributed by atoms with Crippen molar-refractivity contribution in [3.05, 3.63) is 35.6 Å². The highest BCUT2D eigenvalue weighted by Gasteiger charge is 2.47. The largest absolute Gasteiger partial charge is 0.396 e. The van der Waals surface area contributed by atoms with Crippen molar-refractivity contribution in [2.75, 3.05) is 19.7 Å². The molecule has 1 aliphatic carbocycles. The zero-order valence-electron chi connectivity index (χ0n) is 13.1. The van der Waals surface area contributed by atoms with Crippen molar-refractivity contribution in [2.45, 2.75) is 38.5 Å². The topological polar surface area (TPSA) is 40.5 Å². The summed E-state index contributed by atoms with van der Waals surface area (Å²) in [5, 5.41) is 9.56. The van der Waals surface area contributed by atoms with Gasteiger partial charge in [0.15, 0.2) is 0 Å². The zero-order valence-corrected chi connectivity index (χ0v) is 13.1. The summed E-state index contributed by atoms with van der Waals surface area (Å²) in [4.78, 5) is 14.5. The van der Waals surface area contributed by atoms with Crippen LogP contribution >= 0.6 is 0 Å². The molecule has 120 valence electrons. The first-order valence-corrected chi connectivity index (χ1v) is 8.24. The highest BCUT2D eigenvalue weighted by atomic mass is 19.1. The number of piperidine rings is 1. The number of aliphatic hydroxyl groups is 1. The predicted octanol–water partition coefficient (Wildman–Crippen LogP) is 2.94. The van der Waals surface area contributed by atoms with Gasteiger partial charge in [-0.25, -0.2) is 4.39 Å². The second kappa shape index (κ2) is 5.99. The van der Waals surface area contributed by atoms with Gasteiger partial charge in [-0.2, -0.15) is 0 Å². The quantitative estimate of drug-likeness (QED) is 0.929. The first-order valence-electron chi connectivity index (χ1n) is 8.24. The van der Waals surface area contributed by atoms with E-state index in [1.54, 1.807) is 12.1 Å². The number of amides is 1. The molecule has 0 radical (unpaired) electrons. The first kappa shape index (κ1) is 15.5. The Morgan fingerprint density at radius 2 is 2.05 bits per heavy atom. The Balaban J connectivity index is 1.60. The summed E-state index contributed by atoms with van der Waals surface area (Å²) in [7, 11) is 0. The molecule has 3 nitrogen and oxygen atoms in total. The molecule has 1 aromatic carbocycles. The summed E-state index contributed by atoms with van der Waals surface area (Å²) in [6, 6.07) is 6.77. The standard InChI is InChI=1S/C18H24FNO2/c1-2-18(12-21)7-9-20(10-8-18)17(22)15-11-14(15)13-5-3-4-6-16(13)19/h3-6,14-15,21H,2,7-12H2,1H3. The van der Waals surface area contributed by atoms with E-state index >= 15 is 0 Å². The molecule has 1 saturated heterocycles. The fraction of sp³-hybridized carbons (Fsp3) is 0.611. The van der Waals surface area contributed by atoms with E-state index < -0.39 is 0 Å². The molecule has 3 rings (SSSR count). The van der Waals surface area contributed by atoms with Gasteiger partial charge >= 0.3 is 0 Å². The second-order valence-corrected chi connectivity index (χ2v) is 6.81. The number of aliphatic hydroxyl groups excluding tert-OH is 1. The maximum atomic E-state index is 13.8. The molecular weight excluding hydrogens is 281 g/mol. The van der Waals surface area contributed by atoms with Crippen molar-refractivity contribution >= 4 is 5.91 Å². The molecule has 4 heteroatoms. The number of hydrogen-bond acceptors (Lipinski definition) is 2. The Morgan fingerprint density at radius 1 is 1.36 bits per heavy atom. The third-order valence-electron chi connectivity index (χ3n) is 5.63. The average Bonchev–Trinajstić information content (AvgIpc) is 3.35. The summed E-state index contributed by atoms with van der Waals surface area (Å²) in [5.74, 6) is -0.0489. The van der Waals surface area contributed by atoms with E-state index in [1.165, 1.54) is 6.07 Å². The molecule has 2 aliphatic rings. The van der Waals surface area contributed by atoms with Gasteiger partial charge in [0.25, 0.3) is 0 Å². The van der Waals surface area contributed by atoms with E-state index in [0.717, 1.165) is 25.7 Å². The van der Waals surface area contributed by atoms with Crippen molar-refractivity contribution in [2.24, 2.45) is 11.3 Å². The van der Waals surface area contributed by atoms with Crippen molar-refractivity contribution in [1.82, 2.24) is 4.90 Å². The molecule has 22 heavy (non-hydrogen) atoms. The molecule has 1 N–H and O–H groups in total. The van der Waals surface area contributed by atoms with E-state index in [0.29, 0.717) is 18.7 Å². The van der Waals surface area contributed by atoms with E-state index in [2.05, 4.69) is 6.92 Å². The predicted molar refractivity (Wildman–Crippen MR) is 82.9 cm³/mol. The Morgan fingerprint density at radius 3 is 2.64 bits per heavy atom. The van der Waals surface area contributed by atoms with Gasteiger partial charge in [0, 0.05) is 25.6 Å². The van der Waals surface area contributed by atoms with E-state index in [1.807, 2.05) is 11.0 Å². The number of carbonyl (C=O) groups is 1. The molecule has 0 aromatic heterocycles. The van der Waals surface area contributed by atoms with Gasteiger partial charge in [-0.15, -0.1) is 0 Å². The smallest absolute Gasteiger partial charge is 0.226 e. The number of carbonyl (C=O) groups excluding carboxylic acids is 1. The van der Waals surface area contributed by atoms with Gasteiger partial charge in [0.2, 0.25) is 5.91 Å².